The van der Waals surface area contributed by atoms with Crippen molar-refractivity contribution in [2.24, 2.45) is 23.0 Å². The first-order chi connectivity index (χ1) is 12.9. The molecule has 0 radical (unpaired) electrons. The topological polar surface area (TPSA) is 60.9 Å². The minimum absolute atomic E-state index is 0.157. The van der Waals surface area contributed by atoms with Crippen LogP contribution in [0.25, 0.3) is 0 Å². The fourth-order valence-corrected chi connectivity index (χ4v) is 4.78. The van der Waals surface area contributed by atoms with Crippen molar-refractivity contribution in [1.29, 1.82) is 0 Å². The molecule has 2 N–H and O–H groups in total. The molecule has 0 aliphatic heterocycles. The van der Waals surface area contributed by atoms with Gasteiger partial charge in [-0.1, -0.05) is 72.6 Å². The molecule has 0 aliphatic rings. The van der Waals surface area contributed by atoms with E-state index in [4.69, 9.17) is 5.73 Å². The number of carbonyl (C=O) groups is 1. The molecule has 4 nitrogen and oxygen atoms in total. The van der Waals surface area contributed by atoms with Gasteiger partial charge in [0, 0.05) is 25.4 Å². The Balaban J connectivity index is 3.09. The van der Waals surface area contributed by atoms with E-state index in [-0.39, 0.29) is 11.3 Å². The number of rotatable bonds is 15. The number of primary amides is 1. The highest BCUT2D eigenvalue weighted by molar-refractivity contribution is 5.73. The number of hydrogen-bond donors (Lipinski definition) is 1. The second-order valence-electron chi connectivity index (χ2n) is 8.77. The van der Waals surface area contributed by atoms with Gasteiger partial charge in [-0.25, -0.2) is 4.98 Å². The Morgan fingerprint density at radius 3 is 2.37 bits per heavy atom. The first-order valence-electron chi connectivity index (χ1n) is 11.1. The Labute approximate surface area is 167 Å². The van der Waals surface area contributed by atoms with Gasteiger partial charge in [0.2, 0.25) is 5.91 Å². The van der Waals surface area contributed by atoms with Crippen LogP contribution in [0.2, 0.25) is 0 Å². The molecule has 4 heteroatoms. The summed E-state index contributed by atoms with van der Waals surface area (Å²) in [5.74, 6) is 1.97. The highest BCUT2D eigenvalue weighted by Crippen LogP contribution is 2.43. The van der Waals surface area contributed by atoms with E-state index < -0.39 is 0 Å². The minimum atomic E-state index is -0.160. The zero-order valence-electron chi connectivity index (χ0n) is 18.5. The third-order valence-corrected chi connectivity index (χ3v) is 6.18. The highest BCUT2D eigenvalue weighted by Gasteiger charge is 2.36. The number of nitrogens with two attached hydrogens (primary N) is 1. The summed E-state index contributed by atoms with van der Waals surface area (Å²) in [5.41, 5.74) is 5.74. The van der Waals surface area contributed by atoms with Crippen LogP contribution in [-0.2, 0) is 11.3 Å². The van der Waals surface area contributed by atoms with Crippen LogP contribution in [0.1, 0.15) is 97.7 Å². The van der Waals surface area contributed by atoms with E-state index >= 15 is 0 Å². The van der Waals surface area contributed by atoms with E-state index in [2.05, 4.69) is 50.4 Å². The zero-order chi connectivity index (χ0) is 20.3. The third kappa shape index (κ3) is 8.06. The van der Waals surface area contributed by atoms with Crippen molar-refractivity contribution in [3.05, 3.63) is 18.2 Å². The molecule has 1 amide bonds. The highest BCUT2D eigenvalue weighted by atomic mass is 16.1. The van der Waals surface area contributed by atoms with Crippen LogP contribution in [0.5, 0.6) is 0 Å². The molecule has 1 aromatic rings. The fraction of sp³-hybridized carbons (Fsp3) is 0.826. The van der Waals surface area contributed by atoms with Crippen LogP contribution in [-0.4, -0.2) is 15.5 Å². The van der Waals surface area contributed by atoms with Gasteiger partial charge in [-0.2, -0.15) is 0 Å². The number of nitrogens with zero attached hydrogens (tertiary/aromatic N) is 2. The second-order valence-corrected chi connectivity index (χ2v) is 8.77. The van der Waals surface area contributed by atoms with Crippen LogP contribution >= 0.6 is 0 Å². The van der Waals surface area contributed by atoms with Gasteiger partial charge in [0.15, 0.2) is 0 Å². The van der Waals surface area contributed by atoms with Gasteiger partial charge in [0.05, 0.1) is 0 Å². The van der Waals surface area contributed by atoms with Crippen LogP contribution in [0.3, 0.4) is 0 Å². The molecule has 3 atom stereocenters. The van der Waals surface area contributed by atoms with Crippen molar-refractivity contribution in [1.82, 2.24) is 9.55 Å². The second kappa shape index (κ2) is 12.2. The Bertz CT molecular complexity index is 539. The molecule has 1 rings (SSSR count). The Kier molecular flexibility index (Phi) is 10.7. The molecule has 156 valence electrons. The summed E-state index contributed by atoms with van der Waals surface area (Å²) in [7, 11) is 0. The van der Waals surface area contributed by atoms with Crippen molar-refractivity contribution >= 4 is 5.91 Å². The van der Waals surface area contributed by atoms with Gasteiger partial charge >= 0.3 is 0 Å². The molecule has 0 aliphatic carbocycles. The van der Waals surface area contributed by atoms with E-state index in [1.807, 2.05) is 6.20 Å². The Hall–Kier alpha value is -1.32. The summed E-state index contributed by atoms with van der Waals surface area (Å²) in [4.78, 5) is 16.1. The predicted octanol–water partition coefficient (Wildman–Crippen LogP) is 5.88. The van der Waals surface area contributed by atoms with E-state index in [9.17, 15) is 4.79 Å². The maximum Gasteiger partial charge on any atom is 0.217 e. The van der Waals surface area contributed by atoms with Crippen LogP contribution in [0.15, 0.2) is 12.4 Å². The molecule has 27 heavy (non-hydrogen) atoms. The number of unbranched alkanes of at least 4 members (excludes halogenated alkanes) is 2. The van der Waals surface area contributed by atoms with E-state index in [1.165, 1.54) is 38.5 Å². The van der Waals surface area contributed by atoms with Crippen molar-refractivity contribution in [2.45, 2.75) is 105 Å². The first-order valence-corrected chi connectivity index (χ1v) is 11.1. The van der Waals surface area contributed by atoms with Gasteiger partial charge in [-0.15, -0.1) is 0 Å². The molecular formula is C23H43N3O. The quantitative estimate of drug-likeness (QED) is 0.388. The number of amides is 1. The predicted molar refractivity (Wildman–Crippen MR) is 114 cm³/mol. The number of imidazole rings is 1. The average molecular weight is 378 g/mol. The third-order valence-electron chi connectivity index (χ3n) is 6.18. The standard InChI is InChI=1S/C23H43N3O/c1-6-9-10-13-21(12-8-3)23(5,18-26-15-14-25-19(26)4)17-20(11-7-2)16-22(24)27/h14-15,20-21H,6-13,16-18H2,1-5H3,(H2,24,27). The lowest BCUT2D eigenvalue weighted by atomic mass is 9.66. The lowest BCUT2D eigenvalue weighted by Gasteiger charge is -2.41. The van der Waals surface area contributed by atoms with E-state index in [1.54, 1.807) is 0 Å². The molecule has 0 fully saturated rings. The molecule has 0 saturated carbocycles. The molecule has 1 heterocycles. The zero-order valence-corrected chi connectivity index (χ0v) is 18.5. The van der Waals surface area contributed by atoms with Crippen molar-refractivity contribution in [2.75, 3.05) is 0 Å². The molecular weight excluding hydrogens is 334 g/mol. The van der Waals surface area contributed by atoms with Gasteiger partial charge in [0.1, 0.15) is 5.82 Å². The maximum atomic E-state index is 11.7. The smallest absolute Gasteiger partial charge is 0.217 e. The fourth-order valence-electron chi connectivity index (χ4n) is 4.78. The van der Waals surface area contributed by atoms with Crippen LogP contribution in [0, 0.1) is 24.2 Å². The summed E-state index contributed by atoms with van der Waals surface area (Å²) < 4.78 is 2.30. The molecule has 3 unspecified atom stereocenters. The summed E-state index contributed by atoms with van der Waals surface area (Å²) in [6.45, 7) is 12.3. The summed E-state index contributed by atoms with van der Waals surface area (Å²) in [6.07, 6.45) is 15.4. The van der Waals surface area contributed by atoms with Crippen LogP contribution < -0.4 is 5.73 Å². The molecule has 0 saturated heterocycles. The Morgan fingerprint density at radius 2 is 1.85 bits per heavy atom. The number of carbonyl (C=O) groups excluding carboxylic acids is 1. The SMILES string of the molecule is CCCCCC(CCC)C(C)(CC(CCC)CC(N)=O)Cn1ccnc1C. The number of aryl methyl sites for hydroxylation is 1. The van der Waals surface area contributed by atoms with Gasteiger partial charge in [-0.3, -0.25) is 4.79 Å². The van der Waals surface area contributed by atoms with Crippen LogP contribution in [0.4, 0.5) is 0 Å². The maximum absolute atomic E-state index is 11.7. The number of hydrogen-bond acceptors (Lipinski definition) is 2. The average Bonchev–Trinajstić information content (AvgIpc) is 2.98. The van der Waals surface area contributed by atoms with E-state index in [0.717, 1.165) is 31.6 Å². The van der Waals surface area contributed by atoms with E-state index in [0.29, 0.717) is 18.3 Å². The molecule has 1 aromatic heterocycles. The Morgan fingerprint density at radius 1 is 1.15 bits per heavy atom. The van der Waals surface area contributed by atoms with Gasteiger partial charge in [-0.05, 0) is 37.0 Å². The lowest BCUT2D eigenvalue weighted by Crippen LogP contribution is -2.36. The van der Waals surface area contributed by atoms with Gasteiger partial charge < -0.3 is 10.3 Å². The first kappa shape index (κ1) is 23.7. The van der Waals surface area contributed by atoms with Crippen molar-refractivity contribution in [3.63, 3.8) is 0 Å². The van der Waals surface area contributed by atoms with Crippen molar-refractivity contribution in [3.8, 4) is 0 Å². The monoisotopic (exact) mass is 377 g/mol. The minimum Gasteiger partial charge on any atom is -0.370 e. The molecule has 0 aromatic carbocycles. The summed E-state index contributed by atoms with van der Waals surface area (Å²) in [5, 5.41) is 0. The molecule has 0 bridgehead atoms. The van der Waals surface area contributed by atoms with Crippen molar-refractivity contribution < 1.29 is 4.79 Å². The summed E-state index contributed by atoms with van der Waals surface area (Å²) >= 11 is 0. The van der Waals surface area contributed by atoms with Gasteiger partial charge in [0.25, 0.3) is 0 Å². The largest absolute Gasteiger partial charge is 0.370 e. The molecule has 0 spiro atoms. The number of aromatic nitrogens is 2. The normalized spacial score (nSPS) is 16.0. The lowest BCUT2D eigenvalue weighted by molar-refractivity contribution is -0.119. The summed E-state index contributed by atoms with van der Waals surface area (Å²) in [6, 6.07) is 0.